The molecule has 3 rings (SSSR count). The molecule has 0 radical (unpaired) electrons. The lowest BCUT2D eigenvalue weighted by molar-refractivity contribution is 0.332. The van der Waals surface area contributed by atoms with Crippen LogP contribution in [0.25, 0.3) is 0 Å². The molecule has 0 heterocycles. The first kappa shape index (κ1) is 12.0. The highest BCUT2D eigenvalue weighted by Gasteiger charge is 2.40. The fourth-order valence-corrected chi connectivity index (χ4v) is 5.80. The topological polar surface area (TPSA) is 46.2 Å². The standard InChI is InChI=1S/C13H23NO2S/c15-17(16,13-3-1-2-4-13)14-9-12-8-10-5-6-11(12)7-10/h10-14H,1-9H2/t10-,11+,12+/m0/s1. The van der Waals surface area contributed by atoms with Gasteiger partial charge >= 0.3 is 0 Å². The zero-order valence-corrected chi connectivity index (χ0v) is 11.2. The van der Waals surface area contributed by atoms with E-state index in [1.54, 1.807) is 0 Å². The number of hydrogen-bond donors (Lipinski definition) is 1. The molecule has 3 nitrogen and oxygen atoms in total. The van der Waals surface area contributed by atoms with Crippen LogP contribution in [0.3, 0.4) is 0 Å². The highest BCUT2D eigenvalue weighted by molar-refractivity contribution is 7.90. The highest BCUT2D eigenvalue weighted by Crippen LogP contribution is 2.48. The van der Waals surface area contributed by atoms with Gasteiger partial charge in [0.05, 0.1) is 5.25 Å². The van der Waals surface area contributed by atoms with E-state index in [9.17, 15) is 8.42 Å². The number of sulfonamides is 1. The first-order valence-corrected chi connectivity index (χ1v) is 8.68. The third-order valence-corrected chi connectivity index (χ3v) is 7.09. The monoisotopic (exact) mass is 257 g/mol. The Labute approximate surface area is 104 Å². The van der Waals surface area contributed by atoms with Gasteiger partial charge in [-0.1, -0.05) is 19.3 Å². The van der Waals surface area contributed by atoms with Crippen molar-refractivity contribution in [3.63, 3.8) is 0 Å². The van der Waals surface area contributed by atoms with Crippen molar-refractivity contribution in [3.05, 3.63) is 0 Å². The second kappa shape index (κ2) is 4.54. The Kier molecular flexibility index (Phi) is 3.20. The molecule has 0 spiro atoms. The summed E-state index contributed by atoms with van der Waals surface area (Å²) in [6.45, 7) is 0.708. The molecule has 2 bridgehead atoms. The molecule has 3 saturated carbocycles. The van der Waals surface area contributed by atoms with E-state index in [4.69, 9.17) is 0 Å². The molecule has 0 unspecified atom stereocenters. The second-order valence-electron chi connectivity index (χ2n) is 6.23. The largest absolute Gasteiger partial charge is 0.215 e. The van der Waals surface area contributed by atoms with Gasteiger partial charge in [-0.05, 0) is 49.9 Å². The predicted molar refractivity (Wildman–Crippen MR) is 68.1 cm³/mol. The maximum atomic E-state index is 12.1. The first-order chi connectivity index (χ1) is 8.15. The summed E-state index contributed by atoms with van der Waals surface area (Å²) in [5, 5.41) is -0.0962. The number of hydrogen-bond acceptors (Lipinski definition) is 2. The van der Waals surface area contributed by atoms with Crippen molar-refractivity contribution >= 4 is 10.0 Å². The van der Waals surface area contributed by atoms with Gasteiger partial charge in [0.15, 0.2) is 0 Å². The minimum Gasteiger partial charge on any atom is -0.215 e. The molecular weight excluding hydrogens is 234 g/mol. The maximum absolute atomic E-state index is 12.1. The van der Waals surface area contributed by atoms with Crippen LogP contribution >= 0.6 is 0 Å². The Morgan fingerprint density at radius 1 is 1.00 bits per heavy atom. The van der Waals surface area contributed by atoms with Crippen molar-refractivity contribution in [2.75, 3.05) is 6.54 Å². The summed E-state index contributed by atoms with van der Waals surface area (Å²) in [6.07, 6.45) is 9.24. The van der Waals surface area contributed by atoms with Gasteiger partial charge in [-0.25, -0.2) is 13.1 Å². The molecule has 3 atom stereocenters. The van der Waals surface area contributed by atoms with Gasteiger partial charge in [-0.3, -0.25) is 0 Å². The van der Waals surface area contributed by atoms with E-state index >= 15 is 0 Å². The van der Waals surface area contributed by atoms with Crippen LogP contribution < -0.4 is 4.72 Å². The smallest absolute Gasteiger partial charge is 0.214 e. The quantitative estimate of drug-likeness (QED) is 0.840. The normalized spacial score (nSPS) is 38.0. The average molecular weight is 257 g/mol. The van der Waals surface area contributed by atoms with Gasteiger partial charge in [0.1, 0.15) is 0 Å². The molecule has 3 aliphatic rings. The zero-order chi connectivity index (χ0) is 11.9. The molecule has 98 valence electrons. The summed E-state index contributed by atoms with van der Waals surface area (Å²) in [6, 6.07) is 0. The summed E-state index contributed by atoms with van der Waals surface area (Å²) in [5.41, 5.74) is 0. The highest BCUT2D eigenvalue weighted by atomic mass is 32.2. The maximum Gasteiger partial charge on any atom is 0.214 e. The van der Waals surface area contributed by atoms with E-state index < -0.39 is 10.0 Å². The van der Waals surface area contributed by atoms with E-state index in [2.05, 4.69) is 4.72 Å². The van der Waals surface area contributed by atoms with Crippen LogP contribution in [0.5, 0.6) is 0 Å². The summed E-state index contributed by atoms with van der Waals surface area (Å²) < 4.78 is 27.1. The molecule has 0 saturated heterocycles. The van der Waals surface area contributed by atoms with Crippen molar-refractivity contribution in [2.24, 2.45) is 17.8 Å². The van der Waals surface area contributed by atoms with Crippen LogP contribution in [-0.2, 0) is 10.0 Å². The van der Waals surface area contributed by atoms with Crippen molar-refractivity contribution in [3.8, 4) is 0 Å². The summed E-state index contributed by atoms with van der Waals surface area (Å²) >= 11 is 0. The van der Waals surface area contributed by atoms with Crippen LogP contribution in [-0.4, -0.2) is 20.2 Å². The van der Waals surface area contributed by atoms with Gasteiger partial charge in [0.2, 0.25) is 10.0 Å². The number of nitrogens with one attached hydrogen (secondary N) is 1. The summed E-state index contributed by atoms with van der Waals surface area (Å²) in [7, 11) is -3.01. The van der Waals surface area contributed by atoms with Crippen molar-refractivity contribution in [1.82, 2.24) is 4.72 Å². The molecule has 0 aromatic rings. The number of rotatable bonds is 4. The van der Waals surface area contributed by atoms with Crippen LogP contribution in [0.2, 0.25) is 0 Å². The fraction of sp³-hybridized carbons (Fsp3) is 1.00. The van der Waals surface area contributed by atoms with Crippen LogP contribution in [0, 0.1) is 17.8 Å². The van der Waals surface area contributed by atoms with Gasteiger partial charge in [0.25, 0.3) is 0 Å². The Balaban J connectivity index is 1.53. The minimum absolute atomic E-state index is 0.0962. The molecule has 0 aromatic heterocycles. The average Bonchev–Trinajstić information content (AvgIpc) is 3.02. The van der Waals surface area contributed by atoms with Crippen molar-refractivity contribution in [1.29, 1.82) is 0 Å². The third-order valence-electron chi connectivity index (χ3n) is 5.17. The van der Waals surface area contributed by atoms with Crippen LogP contribution in [0.1, 0.15) is 51.4 Å². The van der Waals surface area contributed by atoms with Crippen molar-refractivity contribution < 1.29 is 8.42 Å². The second-order valence-corrected chi connectivity index (χ2v) is 8.28. The lowest BCUT2D eigenvalue weighted by Gasteiger charge is -2.22. The van der Waals surface area contributed by atoms with E-state index in [0.717, 1.165) is 37.5 Å². The van der Waals surface area contributed by atoms with Crippen LogP contribution in [0.4, 0.5) is 0 Å². The van der Waals surface area contributed by atoms with E-state index in [1.165, 1.54) is 25.7 Å². The van der Waals surface area contributed by atoms with Gasteiger partial charge < -0.3 is 0 Å². The predicted octanol–water partition coefficient (Wildman–Crippen LogP) is 2.28. The molecule has 1 N–H and O–H groups in total. The Bertz CT molecular complexity index is 373. The lowest BCUT2D eigenvalue weighted by Crippen LogP contribution is -2.37. The molecule has 3 aliphatic carbocycles. The summed E-state index contributed by atoms with van der Waals surface area (Å²) in [5.74, 6) is 2.34. The molecule has 0 aromatic carbocycles. The third kappa shape index (κ3) is 2.39. The minimum atomic E-state index is -3.01. The van der Waals surface area contributed by atoms with E-state index in [-0.39, 0.29) is 5.25 Å². The van der Waals surface area contributed by atoms with Crippen LogP contribution in [0.15, 0.2) is 0 Å². The Hall–Kier alpha value is -0.0900. The lowest BCUT2D eigenvalue weighted by atomic mass is 9.89. The zero-order valence-electron chi connectivity index (χ0n) is 10.4. The molecular formula is C13H23NO2S. The Morgan fingerprint density at radius 3 is 2.35 bits per heavy atom. The summed E-state index contributed by atoms with van der Waals surface area (Å²) in [4.78, 5) is 0. The van der Waals surface area contributed by atoms with Gasteiger partial charge in [-0.2, -0.15) is 0 Å². The van der Waals surface area contributed by atoms with Gasteiger partial charge in [0, 0.05) is 6.54 Å². The fourth-order valence-electron chi connectivity index (χ4n) is 4.17. The molecule has 17 heavy (non-hydrogen) atoms. The molecule has 4 heteroatoms. The first-order valence-electron chi connectivity index (χ1n) is 7.13. The van der Waals surface area contributed by atoms with Gasteiger partial charge in [-0.15, -0.1) is 0 Å². The van der Waals surface area contributed by atoms with E-state index in [1.807, 2.05) is 0 Å². The molecule has 0 amide bonds. The molecule has 3 fully saturated rings. The van der Waals surface area contributed by atoms with E-state index in [0.29, 0.717) is 12.5 Å². The molecule has 0 aliphatic heterocycles. The Morgan fingerprint density at radius 2 is 1.76 bits per heavy atom. The van der Waals surface area contributed by atoms with Crippen molar-refractivity contribution in [2.45, 2.75) is 56.6 Å². The number of fused-ring (bicyclic) bond motifs is 2. The SMILES string of the molecule is O=S(=O)(NC[C@H]1C[C@H]2CC[C@@H]1C2)C1CCCC1.